The largest absolute Gasteiger partial charge is 0.346 e. The van der Waals surface area contributed by atoms with Gasteiger partial charge in [0, 0.05) is 35.3 Å². The molecule has 4 rings (SSSR count). The van der Waals surface area contributed by atoms with E-state index >= 15 is 0 Å². The van der Waals surface area contributed by atoms with Gasteiger partial charge in [0.25, 0.3) is 0 Å². The molecule has 2 heterocycles. The second kappa shape index (κ2) is 6.36. The molecular weight excluding hydrogens is 312 g/mol. The Balaban J connectivity index is 1.49. The second-order valence-electron chi connectivity index (χ2n) is 8.06. The number of urea groups is 1. The van der Waals surface area contributed by atoms with Crippen LogP contribution in [0.25, 0.3) is 6.08 Å². The van der Waals surface area contributed by atoms with Crippen molar-refractivity contribution in [2.45, 2.75) is 58.4 Å². The predicted octanol–water partition coefficient (Wildman–Crippen LogP) is 2.56. The Morgan fingerprint density at radius 1 is 1.40 bits per heavy atom. The molecule has 0 radical (unpaired) electrons. The van der Waals surface area contributed by atoms with Gasteiger partial charge in [-0.15, -0.1) is 0 Å². The molecule has 4 unspecified atom stereocenters. The van der Waals surface area contributed by atoms with Gasteiger partial charge in [0.15, 0.2) is 0 Å². The summed E-state index contributed by atoms with van der Waals surface area (Å²) in [6.07, 6.45) is 13.0. The summed E-state index contributed by atoms with van der Waals surface area (Å²) in [4.78, 5) is 20.3. The average molecular weight is 340 g/mol. The quantitative estimate of drug-likeness (QED) is 0.778. The van der Waals surface area contributed by atoms with Crippen LogP contribution in [0.3, 0.4) is 0 Å². The molecule has 0 aromatic carbocycles. The smallest absolute Gasteiger partial charge is 0.319 e. The van der Waals surface area contributed by atoms with E-state index in [1.807, 2.05) is 12.4 Å². The van der Waals surface area contributed by atoms with Crippen LogP contribution in [0.4, 0.5) is 4.79 Å². The molecule has 3 aliphatic rings. The highest BCUT2D eigenvalue weighted by Crippen LogP contribution is 2.57. The highest BCUT2D eigenvalue weighted by atomic mass is 16.2. The van der Waals surface area contributed by atoms with Gasteiger partial charge in [0.2, 0.25) is 0 Å². The fraction of sp³-hybridized carbons (Fsp3) is 0.600. The molecule has 1 aromatic rings. The molecule has 2 fully saturated rings. The number of allylic oxidation sites excluding steroid dienone is 1. The zero-order valence-corrected chi connectivity index (χ0v) is 15.1. The van der Waals surface area contributed by atoms with Crippen molar-refractivity contribution in [3.63, 3.8) is 0 Å². The molecule has 5 nitrogen and oxygen atoms in total. The monoisotopic (exact) mass is 340 g/mol. The number of aromatic nitrogens is 1. The maximum atomic E-state index is 12.6. The highest BCUT2D eigenvalue weighted by Gasteiger charge is 2.51. The van der Waals surface area contributed by atoms with Crippen LogP contribution in [-0.4, -0.2) is 17.1 Å². The number of hydrogen-bond acceptors (Lipinski definition) is 2. The van der Waals surface area contributed by atoms with Gasteiger partial charge in [-0.25, -0.2) is 9.79 Å². The Labute approximate surface area is 148 Å². The van der Waals surface area contributed by atoms with Crippen LogP contribution in [0, 0.1) is 17.3 Å². The minimum Gasteiger partial charge on any atom is -0.346 e. The van der Waals surface area contributed by atoms with Crippen molar-refractivity contribution < 1.29 is 4.79 Å². The Bertz CT molecular complexity index is 808. The first-order valence-corrected chi connectivity index (χ1v) is 9.61. The van der Waals surface area contributed by atoms with Crippen molar-refractivity contribution in [2.75, 3.05) is 0 Å². The van der Waals surface area contributed by atoms with Gasteiger partial charge >= 0.3 is 6.03 Å². The van der Waals surface area contributed by atoms with Crippen LogP contribution < -0.4 is 21.3 Å². The maximum Gasteiger partial charge on any atom is 0.319 e. The fourth-order valence-electron chi connectivity index (χ4n) is 4.53. The molecule has 0 bridgehead atoms. The van der Waals surface area contributed by atoms with Crippen LogP contribution in [0.2, 0.25) is 0 Å². The summed E-state index contributed by atoms with van der Waals surface area (Å²) in [7, 11) is 0. The number of hydrogen-bond donors (Lipinski definition) is 3. The summed E-state index contributed by atoms with van der Waals surface area (Å²) in [5.41, 5.74) is 1.91. The lowest BCUT2D eigenvalue weighted by Crippen LogP contribution is -2.46. The molecule has 3 N–H and O–H groups in total. The van der Waals surface area contributed by atoms with E-state index < -0.39 is 0 Å². The average Bonchev–Trinajstić information content (AvgIpc) is 3.04. The lowest BCUT2D eigenvalue weighted by atomic mass is 9.83. The van der Waals surface area contributed by atoms with Gasteiger partial charge in [0.05, 0.1) is 0 Å². The Morgan fingerprint density at radius 2 is 2.24 bits per heavy atom. The minimum atomic E-state index is -0.0756. The van der Waals surface area contributed by atoms with E-state index in [9.17, 15) is 4.79 Å². The Kier molecular flexibility index (Phi) is 4.18. The number of amides is 2. The summed E-state index contributed by atoms with van der Waals surface area (Å²) in [6, 6.07) is 2.29. The number of H-pyrrole nitrogens is 1. The SMILES string of the molecule is CCC1CCCCC1NC(=O)NC1=CN=c2[nH]ccc2=CC2(C)CC12. The molecule has 1 aliphatic heterocycles. The van der Waals surface area contributed by atoms with Crippen molar-refractivity contribution in [2.24, 2.45) is 22.2 Å². The molecule has 5 heteroatoms. The topological polar surface area (TPSA) is 69.3 Å². The van der Waals surface area contributed by atoms with Crippen LogP contribution >= 0.6 is 0 Å². The normalized spacial score (nSPS) is 33.4. The van der Waals surface area contributed by atoms with E-state index in [4.69, 9.17) is 0 Å². The number of aromatic amines is 1. The van der Waals surface area contributed by atoms with Crippen LogP contribution in [0.5, 0.6) is 0 Å². The van der Waals surface area contributed by atoms with Crippen LogP contribution in [0.15, 0.2) is 29.2 Å². The van der Waals surface area contributed by atoms with Gasteiger partial charge in [-0.05, 0) is 36.7 Å². The first-order chi connectivity index (χ1) is 12.1. The second-order valence-corrected chi connectivity index (χ2v) is 8.06. The van der Waals surface area contributed by atoms with Gasteiger partial charge in [-0.3, -0.25) is 0 Å². The maximum absolute atomic E-state index is 12.6. The molecule has 2 aliphatic carbocycles. The van der Waals surface area contributed by atoms with Gasteiger partial charge in [-0.1, -0.05) is 39.2 Å². The number of nitrogens with zero attached hydrogens (tertiary/aromatic N) is 1. The number of fused-ring (bicyclic) bond motifs is 2. The van der Waals surface area contributed by atoms with E-state index in [1.54, 1.807) is 0 Å². The van der Waals surface area contributed by atoms with E-state index in [-0.39, 0.29) is 11.4 Å². The summed E-state index contributed by atoms with van der Waals surface area (Å²) >= 11 is 0. The fourth-order valence-corrected chi connectivity index (χ4v) is 4.53. The van der Waals surface area contributed by atoms with E-state index in [2.05, 4.69) is 46.6 Å². The first kappa shape index (κ1) is 16.4. The van der Waals surface area contributed by atoms with E-state index in [0.717, 1.165) is 35.7 Å². The standard InChI is InChI=1S/C20H28N4O/c1-3-13-6-4-5-7-16(13)23-19(25)24-17-12-22-18-14(8-9-21-18)10-20(2)11-15(17)20/h8-10,12-13,15-16H,3-7,11H2,1-2H3,(H,21,22)(H2,23,24,25). The zero-order chi connectivity index (χ0) is 17.4. The van der Waals surface area contributed by atoms with Crippen molar-refractivity contribution in [1.82, 2.24) is 15.6 Å². The summed E-state index contributed by atoms with van der Waals surface area (Å²) in [6.45, 7) is 4.47. The minimum absolute atomic E-state index is 0.0756. The number of rotatable bonds is 3. The molecule has 134 valence electrons. The van der Waals surface area contributed by atoms with Gasteiger partial charge in [0.1, 0.15) is 5.49 Å². The summed E-state index contributed by atoms with van der Waals surface area (Å²) < 4.78 is 0. The lowest BCUT2D eigenvalue weighted by molar-refractivity contribution is 0.217. The van der Waals surface area contributed by atoms with Crippen molar-refractivity contribution >= 4 is 12.1 Å². The lowest BCUT2D eigenvalue weighted by Gasteiger charge is -2.31. The highest BCUT2D eigenvalue weighted by molar-refractivity contribution is 5.76. The summed E-state index contributed by atoms with van der Waals surface area (Å²) in [5, 5.41) is 7.47. The zero-order valence-electron chi connectivity index (χ0n) is 15.1. The van der Waals surface area contributed by atoms with Crippen LogP contribution in [-0.2, 0) is 0 Å². The summed E-state index contributed by atoms with van der Waals surface area (Å²) in [5.74, 6) is 0.954. The predicted molar refractivity (Wildman–Crippen MR) is 98.0 cm³/mol. The third kappa shape index (κ3) is 3.24. The molecule has 0 saturated heterocycles. The van der Waals surface area contributed by atoms with Crippen molar-refractivity contribution in [1.29, 1.82) is 0 Å². The third-order valence-corrected chi connectivity index (χ3v) is 6.24. The molecule has 2 saturated carbocycles. The Hall–Kier alpha value is -2.04. The van der Waals surface area contributed by atoms with Gasteiger partial charge < -0.3 is 15.6 Å². The number of carbonyl (C=O) groups excluding carboxylic acids is 1. The van der Waals surface area contributed by atoms with Crippen molar-refractivity contribution in [3.8, 4) is 0 Å². The number of nitrogens with one attached hydrogen (secondary N) is 3. The molecule has 0 spiro atoms. The molecular formula is C20H28N4O. The van der Waals surface area contributed by atoms with Crippen LogP contribution in [0.1, 0.15) is 52.4 Å². The molecule has 2 amide bonds. The number of carbonyl (C=O) groups is 1. The molecule has 25 heavy (non-hydrogen) atoms. The third-order valence-electron chi connectivity index (χ3n) is 6.24. The molecule has 4 atom stereocenters. The molecule has 1 aromatic heterocycles. The van der Waals surface area contributed by atoms with Crippen molar-refractivity contribution in [3.05, 3.63) is 34.9 Å². The van der Waals surface area contributed by atoms with E-state index in [0.29, 0.717) is 17.9 Å². The Morgan fingerprint density at radius 3 is 3.08 bits per heavy atom. The first-order valence-electron chi connectivity index (χ1n) is 9.61. The van der Waals surface area contributed by atoms with Gasteiger partial charge in [-0.2, -0.15) is 0 Å². The van der Waals surface area contributed by atoms with E-state index in [1.165, 1.54) is 19.3 Å².